The van der Waals surface area contributed by atoms with Gasteiger partial charge in [0.1, 0.15) is 0 Å². The van der Waals surface area contributed by atoms with Gasteiger partial charge in [-0.25, -0.2) is 4.39 Å². The molecule has 19 heavy (non-hydrogen) atoms. The van der Waals surface area contributed by atoms with Crippen LogP contribution in [-0.2, 0) is 0 Å². The molecule has 0 aliphatic carbocycles. The Morgan fingerprint density at radius 3 is 2.47 bits per heavy atom. The number of benzene rings is 1. The van der Waals surface area contributed by atoms with E-state index in [1.54, 1.807) is 12.1 Å². The van der Waals surface area contributed by atoms with Crippen molar-refractivity contribution < 1.29 is 14.2 Å². The Bertz CT molecular complexity index is 388. The third kappa shape index (κ3) is 4.97. The lowest BCUT2D eigenvalue weighted by molar-refractivity contribution is 0.127. The van der Waals surface area contributed by atoms with Crippen LogP contribution in [0.3, 0.4) is 0 Å². The summed E-state index contributed by atoms with van der Waals surface area (Å²) in [6.07, 6.45) is 0.786. The highest BCUT2D eigenvalue weighted by Crippen LogP contribution is 2.29. The normalized spacial score (nSPS) is 13.8. The summed E-state index contributed by atoms with van der Waals surface area (Å²) in [6, 6.07) is 3.94. The molecule has 0 aromatic heterocycles. The number of methoxy groups -OCH3 is 1. The van der Waals surface area contributed by atoms with Crippen LogP contribution in [0.2, 0.25) is 0 Å². The van der Waals surface area contributed by atoms with E-state index < -0.39 is 18.0 Å². The van der Waals surface area contributed by atoms with Gasteiger partial charge in [-0.1, -0.05) is 26.0 Å². The molecule has 0 fully saturated rings. The minimum atomic E-state index is -0.692. The van der Waals surface area contributed by atoms with E-state index >= 15 is 0 Å². The van der Waals surface area contributed by atoms with E-state index in [0.29, 0.717) is 17.9 Å². The highest BCUT2D eigenvalue weighted by molar-refractivity contribution is 5.85. The number of aliphatic hydroxyl groups is 1. The molecule has 0 aliphatic rings. The first-order valence-electron chi connectivity index (χ1n) is 6.23. The highest BCUT2D eigenvalue weighted by Gasteiger charge is 2.22. The Kier molecular flexibility index (Phi) is 7.99. The smallest absolute Gasteiger partial charge is 0.165 e. The first-order valence-corrected chi connectivity index (χ1v) is 6.23. The summed E-state index contributed by atoms with van der Waals surface area (Å²) in [7, 11) is 1.40. The molecule has 1 rings (SSSR count). The number of ether oxygens (including phenoxy) is 1. The maximum atomic E-state index is 13.5. The zero-order valence-electron chi connectivity index (χ0n) is 11.6. The van der Waals surface area contributed by atoms with E-state index in [1.165, 1.54) is 13.2 Å². The van der Waals surface area contributed by atoms with E-state index in [4.69, 9.17) is 10.5 Å². The van der Waals surface area contributed by atoms with Gasteiger partial charge in [0.25, 0.3) is 0 Å². The van der Waals surface area contributed by atoms with Gasteiger partial charge in [0.05, 0.1) is 19.3 Å². The Morgan fingerprint density at radius 1 is 1.32 bits per heavy atom. The monoisotopic (exact) mass is 291 g/mol. The van der Waals surface area contributed by atoms with Crippen LogP contribution in [0.5, 0.6) is 5.75 Å². The van der Waals surface area contributed by atoms with Gasteiger partial charge in [-0.2, -0.15) is 0 Å². The molecule has 2 atom stereocenters. The van der Waals surface area contributed by atoms with Crippen LogP contribution in [-0.4, -0.2) is 18.3 Å². The fraction of sp³-hybridized carbons (Fsp3) is 0.571. The Balaban J connectivity index is 0.00000324. The van der Waals surface area contributed by atoms with Crippen molar-refractivity contribution in [1.29, 1.82) is 0 Å². The lowest BCUT2D eigenvalue weighted by Gasteiger charge is -2.22. The van der Waals surface area contributed by atoms with E-state index in [0.717, 1.165) is 6.42 Å². The summed E-state index contributed by atoms with van der Waals surface area (Å²) in [5, 5.41) is 10.0. The van der Waals surface area contributed by atoms with E-state index in [-0.39, 0.29) is 18.2 Å². The van der Waals surface area contributed by atoms with Crippen molar-refractivity contribution >= 4 is 12.4 Å². The number of hydrogen-bond acceptors (Lipinski definition) is 3. The van der Waals surface area contributed by atoms with Gasteiger partial charge in [-0.05, 0) is 24.8 Å². The molecule has 1 aromatic carbocycles. The number of nitrogens with two attached hydrogens (primary N) is 1. The van der Waals surface area contributed by atoms with Gasteiger partial charge >= 0.3 is 0 Å². The van der Waals surface area contributed by atoms with Gasteiger partial charge in [0.15, 0.2) is 11.6 Å². The van der Waals surface area contributed by atoms with Crippen molar-refractivity contribution in [2.45, 2.75) is 38.8 Å². The number of aliphatic hydroxyl groups excluding tert-OH is 1. The van der Waals surface area contributed by atoms with Crippen LogP contribution < -0.4 is 10.5 Å². The molecule has 0 radical (unpaired) electrons. The van der Waals surface area contributed by atoms with Crippen molar-refractivity contribution in [2.24, 2.45) is 11.7 Å². The molecule has 0 aliphatic heterocycles. The number of para-hydroxylation sites is 1. The molecule has 0 unspecified atom stereocenters. The zero-order valence-corrected chi connectivity index (χ0v) is 12.4. The predicted octanol–water partition coefficient (Wildman–Crippen LogP) is 3.05. The zero-order chi connectivity index (χ0) is 13.7. The lowest BCUT2D eigenvalue weighted by Crippen LogP contribution is -2.27. The van der Waals surface area contributed by atoms with E-state index in [2.05, 4.69) is 13.8 Å². The van der Waals surface area contributed by atoms with Gasteiger partial charge in [-0.3, -0.25) is 0 Å². The first-order chi connectivity index (χ1) is 8.47. The Morgan fingerprint density at radius 2 is 1.95 bits per heavy atom. The molecule has 0 spiro atoms. The number of halogens is 2. The fourth-order valence-electron chi connectivity index (χ4n) is 1.89. The topological polar surface area (TPSA) is 55.5 Å². The summed E-state index contributed by atoms with van der Waals surface area (Å²) < 4.78 is 18.5. The summed E-state index contributed by atoms with van der Waals surface area (Å²) in [6.45, 7) is 4.17. The minimum Gasteiger partial charge on any atom is -0.493 e. The van der Waals surface area contributed by atoms with Crippen LogP contribution in [0.25, 0.3) is 0 Å². The number of rotatable bonds is 6. The molecule has 110 valence electrons. The number of hydrogen-bond donors (Lipinski definition) is 2. The molecule has 0 saturated heterocycles. The van der Waals surface area contributed by atoms with Gasteiger partial charge in [-0.15, -0.1) is 12.4 Å². The van der Waals surface area contributed by atoms with Gasteiger partial charge < -0.3 is 15.6 Å². The van der Waals surface area contributed by atoms with Crippen molar-refractivity contribution in [2.75, 3.05) is 7.11 Å². The molecule has 0 heterocycles. The summed E-state index contributed by atoms with van der Waals surface area (Å²) in [5.74, 6) is 0.163. The standard InChI is InChI=1S/C14H22FNO2.ClH/c1-9(2)7-8-12(17)13(16)10-5-4-6-11(15)14(10)18-3;/h4-6,9,12-13,17H,7-8,16H2,1-3H3;1H/t12-,13+;/m1./s1. The lowest BCUT2D eigenvalue weighted by atomic mass is 9.95. The largest absolute Gasteiger partial charge is 0.493 e. The van der Waals surface area contributed by atoms with Crippen molar-refractivity contribution in [3.8, 4) is 5.75 Å². The second kappa shape index (κ2) is 8.35. The molecule has 1 aromatic rings. The summed E-state index contributed by atoms with van der Waals surface area (Å²) >= 11 is 0. The van der Waals surface area contributed by atoms with Crippen molar-refractivity contribution in [3.05, 3.63) is 29.6 Å². The molecule has 3 nitrogen and oxygen atoms in total. The van der Waals surface area contributed by atoms with Crippen LogP contribution in [0.4, 0.5) is 4.39 Å². The average Bonchev–Trinajstić information content (AvgIpc) is 2.34. The summed E-state index contributed by atoms with van der Waals surface area (Å²) in [4.78, 5) is 0. The molecular weight excluding hydrogens is 269 g/mol. The molecule has 3 N–H and O–H groups in total. The van der Waals surface area contributed by atoms with Gasteiger partial charge in [0.2, 0.25) is 0 Å². The predicted molar refractivity (Wildman–Crippen MR) is 77.2 cm³/mol. The van der Waals surface area contributed by atoms with Crippen LogP contribution in [0, 0.1) is 11.7 Å². The maximum absolute atomic E-state index is 13.5. The fourth-order valence-corrected chi connectivity index (χ4v) is 1.89. The average molecular weight is 292 g/mol. The Hall–Kier alpha value is -0.840. The Labute approximate surface area is 120 Å². The summed E-state index contributed by atoms with van der Waals surface area (Å²) in [5.41, 5.74) is 6.48. The molecule has 0 saturated carbocycles. The molecular formula is C14H23ClFNO2. The van der Waals surface area contributed by atoms with Crippen LogP contribution >= 0.6 is 12.4 Å². The second-order valence-corrected chi connectivity index (χ2v) is 4.93. The SMILES string of the molecule is COc1c(F)cccc1[C@H](N)[C@H](O)CCC(C)C.Cl. The third-order valence-electron chi connectivity index (χ3n) is 3.02. The molecule has 0 bridgehead atoms. The molecule has 0 amide bonds. The van der Waals surface area contributed by atoms with E-state index in [1.807, 2.05) is 0 Å². The van der Waals surface area contributed by atoms with Crippen molar-refractivity contribution in [3.63, 3.8) is 0 Å². The van der Waals surface area contributed by atoms with Crippen LogP contribution in [0.1, 0.15) is 38.3 Å². The highest BCUT2D eigenvalue weighted by atomic mass is 35.5. The van der Waals surface area contributed by atoms with Gasteiger partial charge in [0, 0.05) is 5.56 Å². The third-order valence-corrected chi connectivity index (χ3v) is 3.02. The van der Waals surface area contributed by atoms with Crippen molar-refractivity contribution in [1.82, 2.24) is 0 Å². The first kappa shape index (κ1) is 18.2. The maximum Gasteiger partial charge on any atom is 0.165 e. The molecule has 5 heteroatoms. The van der Waals surface area contributed by atoms with Crippen LogP contribution in [0.15, 0.2) is 18.2 Å². The van der Waals surface area contributed by atoms with E-state index in [9.17, 15) is 9.50 Å². The second-order valence-electron chi connectivity index (χ2n) is 4.93. The minimum absolute atomic E-state index is 0. The quantitative estimate of drug-likeness (QED) is 0.847.